The first-order valence-electron chi connectivity index (χ1n) is 11.4. The van der Waals surface area contributed by atoms with Crippen molar-refractivity contribution in [3.63, 3.8) is 0 Å². The number of aromatic nitrogens is 4. The quantitative estimate of drug-likeness (QED) is 0.246. The van der Waals surface area contributed by atoms with Gasteiger partial charge < -0.3 is 14.4 Å². The van der Waals surface area contributed by atoms with Gasteiger partial charge in [0.05, 0.1) is 12.3 Å². The number of imidazole rings is 1. The van der Waals surface area contributed by atoms with E-state index in [1.165, 1.54) is 16.2 Å². The molecule has 0 aliphatic heterocycles. The summed E-state index contributed by atoms with van der Waals surface area (Å²) in [6.45, 7) is 3.71. The molecular weight excluding hydrogens is 460 g/mol. The number of aromatic amines is 1. The van der Waals surface area contributed by atoms with Crippen LogP contribution in [0.15, 0.2) is 75.4 Å². The third-order valence-electron chi connectivity index (χ3n) is 5.57. The van der Waals surface area contributed by atoms with Crippen molar-refractivity contribution in [3.8, 4) is 5.75 Å². The molecule has 10 heteroatoms. The number of fused-ring (bicyclic) bond motifs is 1. The minimum Gasteiger partial charge on any atom is -0.491 e. The Hall–Kier alpha value is -4.44. The number of aliphatic hydroxyl groups excluding tert-OH is 1. The second-order valence-corrected chi connectivity index (χ2v) is 8.38. The first kappa shape index (κ1) is 24.7. The van der Waals surface area contributed by atoms with Crippen LogP contribution < -0.4 is 21.4 Å². The molecule has 0 spiro atoms. The average molecular weight is 489 g/mol. The lowest BCUT2D eigenvalue weighted by atomic mass is 10.2. The lowest BCUT2D eigenvalue weighted by Crippen LogP contribution is -2.30. The Bertz CT molecular complexity index is 1530. The number of hydrogen-bond donors (Lipinski definition) is 3. The van der Waals surface area contributed by atoms with Gasteiger partial charge in [-0.1, -0.05) is 54.6 Å². The van der Waals surface area contributed by atoms with Gasteiger partial charge in [-0.25, -0.2) is 10.2 Å². The van der Waals surface area contributed by atoms with Crippen molar-refractivity contribution in [2.24, 2.45) is 12.1 Å². The number of hydrazone groups is 1. The number of aryl methyl sites for hydroxylation is 2. The number of aliphatic hydroxyl groups is 1. The van der Waals surface area contributed by atoms with Crippen LogP contribution in [0.2, 0.25) is 0 Å². The molecule has 0 fully saturated rings. The third kappa shape index (κ3) is 5.61. The molecule has 36 heavy (non-hydrogen) atoms. The Morgan fingerprint density at radius 1 is 1.19 bits per heavy atom. The fraction of sp³-hybridized carbons (Fsp3) is 0.231. The molecule has 0 unspecified atom stereocenters. The highest BCUT2D eigenvalue weighted by molar-refractivity contribution is 5.96. The summed E-state index contributed by atoms with van der Waals surface area (Å²) < 4.78 is 8.50. The van der Waals surface area contributed by atoms with Gasteiger partial charge in [-0.05, 0) is 37.1 Å². The summed E-state index contributed by atoms with van der Waals surface area (Å²) in [6, 6.07) is 17.3. The largest absolute Gasteiger partial charge is 0.491 e. The monoisotopic (exact) mass is 488 g/mol. The highest BCUT2D eigenvalue weighted by atomic mass is 16.5. The SMILES string of the molecule is CC(/C=C/c1ccccc1)=N\Nc1nc2c(c(=O)[nH]c(=O)n2C)n1C[C@H](O)COc1ccccc1C. The number of nitrogens with zero attached hydrogens (tertiary/aromatic N) is 4. The maximum absolute atomic E-state index is 12.7. The predicted octanol–water partition coefficient (Wildman–Crippen LogP) is 2.67. The molecule has 2 aromatic carbocycles. The summed E-state index contributed by atoms with van der Waals surface area (Å²) in [7, 11) is 1.51. The second-order valence-electron chi connectivity index (χ2n) is 8.38. The molecule has 10 nitrogen and oxygen atoms in total. The van der Waals surface area contributed by atoms with Gasteiger partial charge in [-0.15, -0.1) is 0 Å². The maximum atomic E-state index is 12.7. The van der Waals surface area contributed by atoms with Crippen molar-refractivity contribution in [2.75, 3.05) is 12.0 Å². The van der Waals surface area contributed by atoms with Crippen LogP contribution in [-0.2, 0) is 13.6 Å². The molecule has 4 aromatic rings. The predicted molar refractivity (Wildman–Crippen MR) is 140 cm³/mol. The normalized spacial score (nSPS) is 12.8. The minimum absolute atomic E-state index is 0.00422. The zero-order valence-electron chi connectivity index (χ0n) is 20.3. The Morgan fingerprint density at radius 3 is 2.67 bits per heavy atom. The van der Waals surface area contributed by atoms with Crippen molar-refractivity contribution in [3.05, 3.63) is 92.6 Å². The topological polar surface area (TPSA) is 127 Å². The average Bonchev–Trinajstić information content (AvgIpc) is 3.23. The van der Waals surface area contributed by atoms with Crippen LogP contribution in [0.3, 0.4) is 0 Å². The van der Waals surface area contributed by atoms with E-state index < -0.39 is 17.4 Å². The molecule has 0 radical (unpaired) electrons. The van der Waals surface area contributed by atoms with Crippen molar-refractivity contribution < 1.29 is 9.84 Å². The van der Waals surface area contributed by atoms with Gasteiger partial charge in [0.2, 0.25) is 5.95 Å². The van der Waals surface area contributed by atoms with E-state index in [2.05, 4.69) is 20.5 Å². The van der Waals surface area contributed by atoms with E-state index in [1.54, 1.807) is 0 Å². The molecule has 0 aliphatic carbocycles. The van der Waals surface area contributed by atoms with E-state index in [-0.39, 0.29) is 30.3 Å². The van der Waals surface area contributed by atoms with Crippen molar-refractivity contribution >= 4 is 28.9 Å². The van der Waals surface area contributed by atoms with E-state index in [0.717, 1.165) is 11.1 Å². The number of allylic oxidation sites excluding steroid dienone is 1. The van der Waals surface area contributed by atoms with Crippen molar-refractivity contribution in [1.82, 2.24) is 19.1 Å². The minimum atomic E-state index is -0.970. The fourth-order valence-electron chi connectivity index (χ4n) is 3.62. The zero-order chi connectivity index (χ0) is 25.7. The van der Waals surface area contributed by atoms with Crippen LogP contribution in [0.4, 0.5) is 5.95 Å². The molecule has 0 saturated heterocycles. The van der Waals surface area contributed by atoms with Gasteiger partial charge in [-0.2, -0.15) is 10.1 Å². The summed E-state index contributed by atoms with van der Waals surface area (Å²) in [4.78, 5) is 31.5. The van der Waals surface area contributed by atoms with Gasteiger partial charge >= 0.3 is 5.69 Å². The summed E-state index contributed by atoms with van der Waals surface area (Å²) in [5, 5.41) is 15.1. The zero-order valence-corrected chi connectivity index (χ0v) is 20.3. The van der Waals surface area contributed by atoms with Crippen LogP contribution in [0.25, 0.3) is 17.2 Å². The van der Waals surface area contributed by atoms with Gasteiger partial charge in [0.25, 0.3) is 5.56 Å². The number of anilines is 1. The molecule has 2 heterocycles. The molecule has 3 N–H and O–H groups in total. The summed E-state index contributed by atoms with van der Waals surface area (Å²) in [6.07, 6.45) is 2.79. The number of para-hydroxylation sites is 1. The maximum Gasteiger partial charge on any atom is 0.329 e. The lowest BCUT2D eigenvalue weighted by molar-refractivity contribution is 0.0935. The number of benzene rings is 2. The first-order valence-corrected chi connectivity index (χ1v) is 11.4. The van der Waals surface area contributed by atoms with Crippen LogP contribution in [0.5, 0.6) is 5.75 Å². The van der Waals surface area contributed by atoms with Gasteiger partial charge in [0.1, 0.15) is 18.5 Å². The summed E-state index contributed by atoms with van der Waals surface area (Å²) >= 11 is 0. The third-order valence-corrected chi connectivity index (χ3v) is 5.57. The van der Waals surface area contributed by atoms with Gasteiger partial charge in [-0.3, -0.25) is 14.3 Å². The van der Waals surface area contributed by atoms with Gasteiger partial charge in [0.15, 0.2) is 11.2 Å². The molecule has 1 atom stereocenters. The van der Waals surface area contributed by atoms with Crippen LogP contribution in [-0.4, -0.2) is 42.6 Å². The number of H-pyrrole nitrogens is 1. The van der Waals surface area contributed by atoms with Crippen LogP contribution in [0, 0.1) is 6.92 Å². The Labute approximate surface area is 207 Å². The number of ether oxygens (including phenoxy) is 1. The van der Waals surface area contributed by atoms with E-state index >= 15 is 0 Å². The molecule has 186 valence electrons. The van der Waals surface area contributed by atoms with Crippen LogP contribution >= 0.6 is 0 Å². The van der Waals surface area contributed by atoms with Crippen molar-refractivity contribution in [2.45, 2.75) is 26.5 Å². The smallest absolute Gasteiger partial charge is 0.329 e. The van der Waals surface area contributed by atoms with E-state index in [4.69, 9.17) is 4.74 Å². The first-order chi connectivity index (χ1) is 17.3. The summed E-state index contributed by atoms with van der Waals surface area (Å²) in [5.74, 6) is 0.871. The number of hydrogen-bond acceptors (Lipinski definition) is 7. The van der Waals surface area contributed by atoms with Crippen LogP contribution in [0.1, 0.15) is 18.1 Å². The highest BCUT2D eigenvalue weighted by Gasteiger charge is 2.20. The standard InChI is InChI=1S/C26H28N6O4/c1-17-9-7-8-12-21(17)36-16-20(33)15-32-22-23(31(3)26(35)28-24(22)34)27-25(32)30-29-18(2)13-14-19-10-5-4-6-11-19/h4-14,20,33H,15-16H2,1-3H3,(H,27,30)(H,28,34,35)/b14-13+,29-18+/t20-/m0/s1. The van der Waals surface area contributed by atoms with E-state index in [1.807, 2.05) is 80.6 Å². The Kier molecular flexibility index (Phi) is 7.45. The van der Waals surface area contributed by atoms with Crippen molar-refractivity contribution in [1.29, 1.82) is 0 Å². The Balaban J connectivity index is 1.61. The molecule has 0 aliphatic rings. The summed E-state index contributed by atoms with van der Waals surface area (Å²) in [5.41, 5.74) is 4.62. The van der Waals surface area contributed by atoms with Gasteiger partial charge in [0, 0.05) is 7.05 Å². The number of nitrogens with one attached hydrogen (secondary N) is 2. The molecule has 0 bridgehead atoms. The molecule has 4 rings (SSSR count). The molecular formula is C26H28N6O4. The lowest BCUT2D eigenvalue weighted by Gasteiger charge is -2.16. The second kappa shape index (κ2) is 10.9. The molecule has 0 saturated carbocycles. The van der Waals surface area contributed by atoms with E-state index in [0.29, 0.717) is 11.5 Å². The number of rotatable bonds is 9. The Morgan fingerprint density at radius 2 is 1.92 bits per heavy atom. The molecule has 0 amide bonds. The molecule has 2 aromatic heterocycles. The highest BCUT2D eigenvalue weighted by Crippen LogP contribution is 2.19. The van der Waals surface area contributed by atoms with E-state index in [9.17, 15) is 14.7 Å². The fourth-order valence-corrected chi connectivity index (χ4v) is 3.62.